The van der Waals surface area contributed by atoms with E-state index in [4.69, 9.17) is 0 Å². The summed E-state index contributed by atoms with van der Waals surface area (Å²) < 4.78 is 0. The Morgan fingerprint density at radius 3 is 2.88 bits per heavy atom. The molecular weight excluding hydrogens is 358 g/mol. The van der Waals surface area contributed by atoms with Crippen LogP contribution in [0.15, 0.2) is 11.4 Å². The second kappa shape index (κ2) is 8.01. The van der Waals surface area contributed by atoms with Crippen molar-refractivity contribution >= 4 is 45.9 Å². The van der Waals surface area contributed by atoms with Gasteiger partial charge in [0.1, 0.15) is 0 Å². The third-order valence-electron chi connectivity index (χ3n) is 3.57. The fraction of sp³-hybridized carbons (Fsp3) is 0.500. The highest BCUT2D eigenvalue weighted by Crippen LogP contribution is 2.39. The molecule has 0 spiro atoms. The standard InChI is InChI=1S/C16H21N5O2S2/c1-9(2)24-8-15(23)19-16-17-11(7-25-16)5-14(22)18-13-6-12(20-21-13)10-3-4-10/h6-7,9-10H,3-5,8H2,1-2H3,(H,17,19,23)(H2,18,20,21,22). The first-order valence-electron chi connectivity index (χ1n) is 8.20. The number of nitrogens with one attached hydrogen (secondary N) is 3. The van der Waals surface area contributed by atoms with Crippen LogP contribution in [0.25, 0.3) is 0 Å². The Morgan fingerprint density at radius 1 is 1.36 bits per heavy atom. The molecule has 0 radical (unpaired) electrons. The van der Waals surface area contributed by atoms with E-state index in [1.54, 1.807) is 17.1 Å². The van der Waals surface area contributed by atoms with Gasteiger partial charge in [-0.2, -0.15) is 5.10 Å². The van der Waals surface area contributed by atoms with E-state index in [1.807, 2.05) is 19.9 Å². The van der Waals surface area contributed by atoms with Gasteiger partial charge in [-0.3, -0.25) is 14.7 Å². The summed E-state index contributed by atoms with van der Waals surface area (Å²) in [7, 11) is 0. The molecule has 2 amide bonds. The first kappa shape index (κ1) is 17.9. The Bertz CT molecular complexity index is 751. The van der Waals surface area contributed by atoms with E-state index in [1.165, 1.54) is 24.2 Å². The lowest BCUT2D eigenvalue weighted by Gasteiger charge is -2.04. The summed E-state index contributed by atoms with van der Waals surface area (Å²) in [6.45, 7) is 4.09. The predicted molar refractivity (Wildman–Crippen MR) is 101 cm³/mol. The number of rotatable bonds is 8. The van der Waals surface area contributed by atoms with Crippen LogP contribution in [-0.4, -0.2) is 38.0 Å². The minimum absolute atomic E-state index is 0.0758. The Labute approximate surface area is 154 Å². The van der Waals surface area contributed by atoms with Gasteiger partial charge in [-0.1, -0.05) is 13.8 Å². The zero-order valence-corrected chi connectivity index (χ0v) is 15.8. The number of H-pyrrole nitrogens is 1. The molecule has 1 aliphatic rings. The lowest BCUT2D eigenvalue weighted by atomic mass is 10.3. The number of thioether (sulfide) groups is 1. The van der Waals surface area contributed by atoms with Crippen molar-refractivity contribution in [1.29, 1.82) is 0 Å². The van der Waals surface area contributed by atoms with E-state index in [0.717, 1.165) is 5.69 Å². The smallest absolute Gasteiger partial charge is 0.236 e. The topological polar surface area (TPSA) is 99.8 Å². The van der Waals surface area contributed by atoms with Crippen LogP contribution in [0.4, 0.5) is 10.9 Å². The number of aromatic nitrogens is 3. The second-order valence-corrected chi connectivity index (χ2v) is 8.68. The van der Waals surface area contributed by atoms with Crippen molar-refractivity contribution < 1.29 is 9.59 Å². The van der Waals surface area contributed by atoms with E-state index < -0.39 is 0 Å². The summed E-state index contributed by atoms with van der Waals surface area (Å²) in [6, 6.07) is 1.88. The number of nitrogens with zero attached hydrogens (tertiary/aromatic N) is 2. The van der Waals surface area contributed by atoms with Crippen LogP contribution in [-0.2, 0) is 16.0 Å². The summed E-state index contributed by atoms with van der Waals surface area (Å²) >= 11 is 2.90. The van der Waals surface area contributed by atoms with Gasteiger partial charge in [0.15, 0.2) is 10.9 Å². The molecule has 0 saturated heterocycles. The molecule has 3 rings (SSSR count). The molecule has 0 bridgehead atoms. The maximum absolute atomic E-state index is 12.1. The van der Waals surface area contributed by atoms with Gasteiger partial charge in [0.2, 0.25) is 11.8 Å². The lowest BCUT2D eigenvalue weighted by molar-refractivity contribution is -0.115. The molecule has 2 heterocycles. The summed E-state index contributed by atoms with van der Waals surface area (Å²) in [4.78, 5) is 28.2. The number of anilines is 2. The molecule has 1 fully saturated rings. The highest BCUT2D eigenvalue weighted by atomic mass is 32.2. The number of aromatic amines is 1. The molecule has 2 aromatic rings. The minimum atomic E-state index is -0.174. The van der Waals surface area contributed by atoms with E-state index in [9.17, 15) is 9.59 Å². The third kappa shape index (κ3) is 5.57. The molecule has 0 aliphatic heterocycles. The quantitative estimate of drug-likeness (QED) is 0.655. The first-order valence-corrected chi connectivity index (χ1v) is 10.1. The van der Waals surface area contributed by atoms with Gasteiger partial charge < -0.3 is 10.6 Å². The van der Waals surface area contributed by atoms with Crippen LogP contribution in [0.3, 0.4) is 0 Å². The molecule has 3 N–H and O–H groups in total. The van der Waals surface area contributed by atoms with E-state index in [0.29, 0.717) is 33.6 Å². The first-order chi connectivity index (χ1) is 12.0. The van der Waals surface area contributed by atoms with Gasteiger partial charge >= 0.3 is 0 Å². The van der Waals surface area contributed by atoms with Crippen molar-refractivity contribution in [3.8, 4) is 0 Å². The fourth-order valence-electron chi connectivity index (χ4n) is 2.20. The molecule has 0 unspecified atom stereocenters. The number of carbonyl (C=O) groups excluding carboxylic acids is 2. The molecule has 134 valence electrons. The van der Waals surface area contributed by atoms with Crippen LogP contribution in [0, 0.1) is 0 Å². The minimum Gasteiger partial charge on any atom is -0.309 e. The van der Waals surface area contributed by atoms with Crippen molar-refractivity contribution in [3.05, 3.63) is 22.8 Å². The molecule has 0 atom stereocenters. The van der Waals surface area contributed by atoms with Crippen LogP contribution in [0.2, 0.25) is 0 Å². The summed E-state index contributed by atoms with van der Waals surface area (Å²) in [6.07, 6.45) is 2.51. The van der Waals surface area contributed by atoms with Crippen molar-refractivity contribution in [2.45, 2.75) is 44.3 Å². The van der Waals surface area contributed by atoms with Crippen LogP contribution >= 0.6 is 23.1 Å². The number of carbonyl (C=O) groups is 2. The van der Waals surface area contributed by atoms with E-state index in [-0.39, 0.29) is 18.2 Å². The average Bonchev–Trinajstić information content (AvgIpc) is 3.15. The maximum Gasteiger partial charge on any atom is 0.236 e. The zero-order valence-electron chi connectivity index (χ0n) is 14.2. The molecule has 0 aromatic carbocycles. The average molecular weight is 380 g/mol. The van der Waals surface area contributed by atoms with Crippen molar-refractivity contribution in [2.75, 3.05) is 16.4 Å². The third-order valence-corrected chi connectivity index (χ3v) is 5.47. The van der Waals surface area contributed by atoms with Crippen molar-refractivity contribution in [3.63, 3.8) is 0 Å². The Kier molecular flexibility index (Phi) is 5.74. The molecule has 25 heavy (non-hydrogen) atoms. The lowest BCUT2D eigenvalue weighted by Crippen LogP contribution is -2.16. The monoisotopic (exact) mass is 379 g/mol. The molecule has 2 aromatic heterocycles. The molecular formula is C16H21N5O2S2. The number of hydrogen-bond donors (Lipinski definition) is 3. The summed E-state index contributed by atoms with van der Waals surface area (Å²) in [5, 5.41) is 15.3. The number of hydrogen-bond acceptors (Lipinski definition) is 6. The fourth-order valence-corrected chi connectivity index (χ4v) is 3.48. The van der Waals surface area contributed by atoms with Gasteiger partial charge in [-0.25, -0.2) is 4.98 Å². The van der Waals surface area contributed by atoms with Crippen molar-refractivity contribution in [2.24, 2.45) is 0 Å². The molecule has 9 heteroatoms. The van der Waals surface area contributed by atoms with Crippen LogP contribution in [0.5, 0.6) is 0 Å². The number of amides is 2. The normalized spacial score (nSPS) is 13.9. The second-order valence-electron chi connectivity index (χ2n) is 6.26. The predicted octanol–water partition coefficient (Wildman–Crippen LogP) is 3.00. The van der Waals surface area contributed by atoms with E-state index in [2.05, 4.69) is 25.8 Å². The van der Waals surface area contributed by atoms with Gasteiger partial charge in [0.25, 0.3) is 0 Å². The SMILES string of the molecule is CC(C)SCC(=O)Nc1nc(CC(=O)Nc2cc(C3CC3)[nH]n2)cs1. The van der Waals surface area contributed by atoms with Gasteiger partial charge in [-0.15, -0.1) is 23.1 Å². The van der Waals surface area contributed by atoms with Gasteiger partial charge in [0.05, 0.1) is 17.9 Å². The Balaban J connectivity index is 1.46. The molecule has 1 saturated carbocycles. The number of thiazole rings is 1. The van der Waals surface area contributed by atoms with Crippen LogP contribution < -0.4 is 10.6 Å². The zero-order chi connectivity index (χ0) is 17.8. The largest absolute Gasteiger partial charge is 0.309 e. The highest BCUT2D eigenvalue weighted by molar-refractivity contribution is 8.00. The summed E-state index contributed by atoms with van der Waals surface area (Å²) in [5.41, 5.74) is 1.71. The highest BCUT2D eigenvalue weighted by Gasteiger charge is 2.25. The van der Waals surface area contributed by atoms with Crippen molar-refractivity contribution in [1.82, 2.24) is 15.2 Å². The Hall–Kier alpha value is -1.87. The van der Waals surface area contributed by atoms with E-state index >= 15 is 0 Å². The molecule has 1 aliphatic carbocycles. The van der Waals surface area contributed by atoms with Gasteiger partial charge in [0, 0.05) is 23.1 Å². The summed E-state index contributed by atoms with van der Waals surface area (Å²) in [5.74, 6) is 1.26. The molecule has 7 nitrogen and oxygen atoms in total. The Morgan fingerprint density at radius 2 is 2.16 bits per heavy atom. The van der Waals surface area contributed by atoms with Crippen LogP contribution in [0.1, 0.15) is 44.0 Å². The maximum atomic E-state index is 12.1. The van der Waals surface area contributed by atoms with Gasteiger partial charge in [-0.05, 0) is 18.1 Å².